The molecule has 0 amide bonds. The summed E-state index contributed by atoms with van der Waals surface area (Å²) in [7, 11) is 1.96. The molecule has 0 aromatic carbocycles. The lowest BCUT2D eigenvalue weighted by molar-refractivity contribution is 0.835. The second-order valence-electron chi connectivity index (χ2n) is 3.39. The van der Waals surface area contributed by atoms with Crippen LogP contribution in [0.25, 0.3) is 0 Å². The molecule has 2 N–H and O–H groups in total. The van der Waals surface area contributed by atoms with Crippen LogP contribution in [-0.2, 0) is 5.88 Å². The van der Waals surface area contributed by atoms with Crippen molar-refractivity contribution in [3.63, 3.8) is 0 Å². The van der Waals surface area contributed by atoms with Crippen LogP contribution in [0.15, 0.2) is 0 Å². The first-order valence-corrected chi connectivity index (χ1v) is 5.03. The Balaban J connectivity index is 2.27. The average Bonchev–Trinajstić information content (AvgIpc) is 2.99. The van der Waals surface area contributed by atoms with Gasteiger partial charge in [-0.2, -0.15) is 15.0 Å². The Hall–Kier alpha value is -1.10. The second-order valence-corrected chi connectivity index (χ2v) is 3.65. The van der Waals surface area contributed by atoms with E-state index >= 15 is 0 Å². The molecule has 0 atom stereocenters. The van der Waals surface area contributed by atoms with Crippen LogP contribution in [0.3, 0.4) is 0 Å². The second kappa shape index (κ2) is 3.57. The fraction of sp³-hybridized carbons (Fsp3) is 0.625. The van der Waals surface area contributed by atoms with E-state index in [1.807, 2.05) is 11.9 Å². The zero-order chi connectivity index (χ0) is 10.1. The summed E-state index contributed by atoms with van der Waals surface area (Å²) in [6, 6.07) is 0.556. The number of nitrogen functional groups attached to an aromatic ring is 1. The Morgan fingerprint density at radius 3 is 2.71 bits per heavy atom. The van der Waals surface area contributed by atoms with Gasteiger partial charge in [0.05, 0.1) is 5.88 Å². The van der Waals surface area contributed by atoms with Gasteiger partial charge in [-0.1, -0.05) is 0 Å². The molecule has 14 heavy (non-hydrogen) atoms. The molecular weight excluding hydrogens is 202 g/mol. The highest BCUT2D eigenvalue weighted by atomic mass is 35.5. The summed E-state index contributed by atoms with van der Waals surface area (Å²) >= 11 is 5.64. The van der Waals surface area contributed by atoms with Gasteiger partial charge in [0.15, 0.2) is 5.82 Å². The molecule has 1 heterocycles. The van der Waals surface area contributed by atoms with Crippen LogP contribution in [0.5, 0.6) is 0 Å². The maximum Gasteiger partial charge on any atom is 0.230 e. The number of rotatable bonds is 3. The van der Waals surface area contributed by atoms with Crippen molar-refractivity contribution in [1.29, 1.82) is 0 Å². The maximum atomic E-state index is 5.64. The van der Waals surface area contributed by atoms with E-state index in [4.69, 9.17) is 17.3 Å². The molecule has 0 radical (unpaired) electrons. The van der Waals surface area contributed by atoms with Gasteiger partial charge in [0.1, 0.15) is 0 Å². The number of alkyl halides is 1. The topological polar surface area (TPSA) is 67.9 Å². The number of anilines is 2. The molecular formula is C8H12ClN5. The molecule has 0 spiro atoms. The predicted octanol–water partition coefficient (Wildman–Crippen LogP) is 0.791. The fourth-order valence-electron chi connectivity index (χ4n) is 1.27. The van der Waals surface area contributed by atoms with E-state index < -0.39 is 0 Å². The van der Waals surface area contributed by atoms with E-state index in [9.17, 15) is 0 Å². The predicted molar refractivity (Wildman–Crippen MR) is 55.2 cm³/mol. The van der Waals surface area contributed by atoms with Crippen molar-refractivity contribution in [2.75, 3.05) is 17.7 Å². The quantitative estimate of drug-likeness (QED) is 0.752. The van der Waals surface area contributed by atoms with Gasteiger partial charge in [-0.15, -0.1) is 11.6 Å². The van der Waals surface area contributed by atoms with E-state index in [-0.39, 0.29) is 11.8 Å². The third kappa shape index (κ3) is 1.87. The molecule has 1 fully saturated rings. The van der Waals surface area contributed by atoms with Gasteiger partial charge >= 0.3 is 0 Å². The lowest BCUT2D eigenvalue weighted by Gasteiger charge is -2.16. The highest BCUT2D eigenvalue weighted by molar-refractivity contribution is 6.16. The Bertz CT molecular complexity index is 339. The summed E-state index contributed by atoms with van der Waals surface area (Å²) in [6.45, 7) is 0. The van der Waals surface area contributed by atoms with Crippen molar-refractivity contribution >= 4 is 23.5 Å². The van der Waals surface area contributed by atoms with E-state index in [0.717, 1.165) is 0 Å². The highest BCUT2D eigenvalue weighted by Gasteiger charge is 2.28. The van der Waals surface area contributed by atoms with E-state index in [0.29, 0.717) is 17.8 Å². The van der Waals surface area contributed by atoms with Crippen molar-refractivity contribution in [2.24, 2.45) is 0 Å². The van der Waals surface area contributed by atoms with Gasteiger partial charge in [-0.05, 0) is 12.8 Å². The van der Waals surface area contributed by atoms with Crippen molar-refractivity contribution in [3.05, 3.63) is 5.82 Å². The molecule has 1 aromatic heterocycles. The number of nitrogens with two attached hydrogens (primary N) is 1. The minimum absolute atomic E-state index is 0.234. The minimum atomic E-state index is 0.234. The molecule has 0 bridgehead atoms. The Kier molecular flexibility index (Phi) is 2.41. The third-order valence-corrected chi connectivity index (χ3v) is 2.46. The van der Waals surface area contributed by atoms with Crippen molar-refractivity contribution in [1.82, 2.24) is 15.0 Å². The van der Waals surface area contributed by atoms with Crippen LogP contribution in [0.2, 0.25) is 0 Å². The van der Waals surface area contributed by atoms with Gasteiger partial charge in [0.2, 0.25) is 11.9 Å². The van der Waals surface area contributed by atoms with Crippen molar-refractivity contribution < 1.29 is 0 Å². The molecule has 6 heteroatoms. The monoisotopic (exact) mass is 213 g/mol. The summed E-state index contributed by atoms with van der Waals surface area (Å²) in [6.07, 6.45) is 2.39. The smallest absolute Gasteiger partial charge is 0.230 e. The first kappa shape index (κ1) is 9.45. The number of aromatic nitrogens is 3. The molecule has 0 saturated heterocycles. The zero-order valence-electron chi connectivity index (χ0n) is 7.94. The molecule has 1 saturated carbocycles. The Labute approximate surface area is 87.3 Å². The SMILES string of the molecule is CN(c1nc(N)nc(CCl)n1)C1CC1. The van der Waals surface area contributed by atoms with E-state index in [1.54, 1.807) is 0 Å². The van der Waals surface area contributed by atoms with Gasteiger partial charge in [-0.25, -0.2) is 0 Å². The van der Waals surface area contributed by atoms with Gasteiger partial charge in [0, 0.05) is 13.1 Å². The van der Waals surface area contributed by atoms with Crippen molar-refractivity contribution in [2.45, 2.75) is 24.8 Å². The Morgan fingerprint density at radius 1 is 1.43 bits per heavy atom. The summed E-state index contributed by atoms with van der Waals surface area (Å²) in [5.74, 6) is 1.65. The summed E-state index contributed by atoms with van der Waals surface area (Å²) in [4.78, 5) is 14.2. The van der Waals surface area contributed by atoms with Crippen LogP contribution in [0.1, 0.15) is 18.7 Å². The number of hydrogen-bond acceptors (Lipinski definition) is 5. The maximum absolute atomic E-state index is 5.64. The number of halogens is 1. The zero-order valence-corrected chi connectivity index (χ0v) is 8.70. The minimum Gasteiger partial charge on any atom is -0.368 e. The standard InChI is InChI=1S/C8H12ClN5/c1-14(5-2-3-5)8-12-6(4-9)11-7(10)13-8/h5H,2-4H2,1H3,(H2,10,11,12,13). The molecule has 0 unspecified atom stereocenters. The van der Waals surface area contributed by atoms with Crippen LogP contribution < -0.4 is 10.6 Å². The van der Waals surface area contributed by atoms with E-state index in [2.05, 4.69) is 15.0 Å². The van der Waals surface area contributed by atoms with E-state index in [1.165, 1.54) is 12.8 Å². The average molecular weight is 214 g/mol. The molecule has 1 aliphatic carbocycles. The molecule has 1 aliphatic rings. The summed E-state index contributed by atoms with van der Waals surface area (Å²) in [5.41, 5.74) is 5.55. The van der Waals surface area contributed by atoms with Crippen molar-refractivity contribution in [3.8, 4) is 0 Å². The number of hydrogen-bond donors (Lipinski definition) is 1. The third-order valence-electron chi connectivity index (χ3n) is 2.22. The molecule has 1 aromatic rings. The molecule has 76 valence electrons. The summed E-state index contributed by atoms with van der Waals surface area (Å²) < 4.78 is 0. The van der Waals surface area contributed by atoms with Crippen LogP contribution in [0.4, 0.5) is 11.9 Å². The highest BCUT2D eigenvalue weighted by Crippen LogP contribution is 2.28. The van der Waals surface area contributed by atoms with Gasteiger partial charge in [0.25, 0.3) is 0 Å². The first-order chi connectivity index (χ1) is 6.70. The largest absolute Gasteiger partial charge is 0.368 e. The van der Waals surface area contributed by atoms with Crippen LogP contribution >= 0.6 is 11.6 Å². The lowest BCUT2D eigenvalue weighted by atomic mass is 10.6. The molecule has 0 aliphatic heterocycles. The van der Waals surface area contributed by atoms with Gasteiger partial charge < -0.3 is 10.6 Å². The van der Waals surface area contributed by atoms with Crippen LogP contribution in [0, 0.1) is 0 Å². The number of nitrogens with zero attached hydrogens (tertiary/aromatic N) is 4. The van der Waals surface area contributed by atoms with Gasteiger partial charge in [-0.3, -0.25) is 0 Å². The first-order valence-electron chi connectivity index (χ1n) is 4.50. The normalized spacial score (nSPS) is 15.6. The molecule has 5 nitrogen and oxygen atoms in total. The summed E-state index contributed by atoms with van der Waals surface area (Å²) in [5, 5.41) is 0. The molecule has 2 rings (SSSR count). The van der Waals surface area contributed by atoms with Crippen LogP contribution in [-0.4, -0.2) is 28.0 Å². The Morgan fingerprint density at radius 2 is 2.14 bits per heavy atom. The lowest BCUT2D eigenvalue weighted by Crippen LogP contribution is -2.23. The fourth-order valence-corrected chi connectivity index (χ4v) is 1.39.